The Balaban J connectivity index is 0.771. The zero-order valence-electron chi connectivity index (χ0n) is 53.5. The van der Waals surface area contributed by atoms with Gasteiger partial charge in [0, 0.05) is 55.3 Å². The van der Waals surface area contributed by atoms with Gasteiger partial charge in [-0.25, -0.2) is 18.6 Å². The number of likely N-dealkylation sites (tertiary alicyclic amines) is 1. The van der Waals surface area contributed by atoms with Crippen molar-refractivity contribution in [2.24, 2.45) is 5.92 Å². The summed E-state index contributed by atoms with van der Waals surface area (Å²) in [6.07, 6.45) is 4.45. The van der Waals surface area contributed by atoms with E-state index < -0.39 is 49.4 Å². The van der Waals surface area contributed by atoms with Crippen LogP contribution in [-0.4, -0.2) is 151 Å². The first-order valence-electron chi connectivity index (χ1n) is 32.2. The van der Waals surface area contributed by atoms with E-state index in [2.05, 4.69) is 73.4 Å². The molecule has 0 aliphatic carbocycles. The summed E-state index contributed by atoms with van der Waals surface area (Å²) in [6, 6.07) is 16.3. The molecule has 3 aromatic carbocycles. The molecule has 4 unspecified atom stereocenters. The van der Waals surface area contributed by atoms with E-state index in [1.54, 1.807) is 35.7 Å². The van der Waals surface area contributed by atoms with E-state index in [4.69, 9.17) is 28.9 Å². The van der Waals surface area contributed by atoms with Crippen LogP contribution in [0.3, 0.4) is 0 Å². The highest BCUT2D eigenvalue weighted by molar-refractivity contribution is 7.13. The van der Waals surface area contributed by atoms with Gasteiger partial charge in [-0.2, -0.15) is 9.97 Å². The number of hydrogen-bond donors (Lipinski definition) is 3. The normalized spacial score (nSPS) is 22.4. The number of β-amino-alcohol motifs (C(OH)–C–C–N with tert-alkyl or cyclic N) is 1. The van der Waals surface area contributed by atoms with Gasteiger partial charge in [0.2, 0.25) is 11.8 Å². The molecule has 3 amide bonds. The smallest absolute Gasteiger partial charge is 0.407 e. The number of pyridine rings is 1. The molecule has 480 valence electrons. The number of aliphatic hydroxyl groups excluding tert-OH is 1. The van der Waals surface area contributed by atoms with Crippen LogP contribution >= 0.6 is 11.3 Å². The van der Waals surface area contributed by atoms with E-state index in [0.29, 0.717) is 75.9 Å². The molecule has 7 aromatic rings. The molecule has 0 radical (unpaired) electrons. The lowest BCUT2D eigenvalue weighted by Crippen LogP contribution is -2.55. The van der Waals surface area contributed by atoms with E-state index >= 15 is 8.78 Å². The quantitative estimate of drug-likeness (QED) is 0.0538. The zero-order chi connectivity index (χ0) is 64.4. The van der Waals surface area contributed by atoms with Crippen LogP contribution < -0.4 is 19.7 Å². The standard InChI is InChI=1S/C69H82F2N10O8SSi/c1-38(2)58(66(84)79-34-50(82)29-55(79)65(83)74-42(9)44-15-17-46(18-16-44)63-43(10)73-37-90-63)56-30-57(77-89-56)87-35-49-23-26-69(25-12-27-80(49)69)36-88-67-75-62-53(64(76-67)78-32-47-20-21-48(33-78)81(47)68(85)86)31-72-61(60(62)71)52-14-11-13-45-19-22-54(70)51(59(45)52)24-28-91(39(3)4,40(5)6)41(7)8/h11,13-19,22,30-31,37-42,47-50,55,58,82H,12,20-21,23,25-27,29,32-36H2,1-10H3,(H,74,83)(H,85,86)/t42?,47?,48?,49-,50+,55-,58?,69-/m0/s1. The number of halogens is 2. The molecule has 5 saturated heterocycles. The molecule has 0 spiro atoms. The number of rotatable bonds is 18. The number of aromatic nitrogens is 5. The van der Waals surface area contributed by atoms with Gasteiger partial charge in [-0.15, -0.1) is 16.9 Å². The van der Waals surface area contributed by atoms with Crippen molar-refractivity contribution in [3.05, 3.63) is 107 Å². The predicted molar refractivity (Wildman–Crippen MR) is 349 cm³/mol. The summed E-state index contributed by atoms with van der Waals surface area (Å²) in [4.78, 5) is 68.5. The van der Waals surface area contributed by atoms with Crippen molar-refractivity contribution in [1.82, 2.24) is 45.1 Å². The Labute approximate surface area is 535 Å². The number of fused-ring (bicyclic) bond motifs is 5. The Kier molecular flexibility index (Phi) is 17.8. The number of carboxylic acid groups (broad SMARTS) is 1. The Bertz CT molecular complexity index is 3930. The lowest BCUT2D eigenvalue weighted by atomic mass is 9.91. The maximum absolute atomic E-state index is 18.0. The predicted octanol–water partition coefficient (Wildman–Crippen LogP) is 12.5. The number of carbonyl (C=O) groups excluding carboxylic acids is 2. The maximum Gasteiger partial charge on any atom is 0.407 e. The average Bonchev–Trinajstić information content (AvgIpc) is 1.29. The molecule has 12 rings (SSSR count). The SMILES string of the molecule is Cc1ncsc1-c1ccc(C(C)NC(=O)[C@@H]2C[C@@H](O)CN2C(=O)C(c2cc(OC[C@@H]3CC[C@]4(COc5nc(N6CC7CCC(C6)N7C(=O)O)c6cnc(-c7cccc8ccc(F)c(C#C[Si](C(C)C)(C(C)C)C(C)C)c78)c(F)c6n5)CCCN34)no2)C(C)C)cc1. The van der Waals surface area contributed by atoms with Crippen molar-refractivity contribution in [2.45, 2.75) is 179 Å². The first kappa shape index (κ1) is 63.6. The first-order valence-corrected chi connectivity index (χ1v) is 35.3. The molecule has 5 fully saturated rings. The van der Waals surface area contributed by atoms with Crippen LogP contribution in [0.15, 0.2) is 76.9 Å². The molecule has 5 aliphatic heterocycles. The summed E-state index contributed by atoms with van der Waals surface area (Å²) in [7, 11) is -2.32. The van der Waals surface area contributed by atoms with E-state index in [0.717, 1.165) is 53.9 Å². The fourth-order valence-electron chi connectivity index (χ4n) is 16.0. The summed E-state index contributed by atoms with van der Waals surface area (Å²) in [6.45, 7) is 22.8. The fraction of sp³-hybridized carbons (Fsp3) is 0.507. The van der Waals surface area contributed by atoms with Crippen LogP contribution in [-0.2, 0) is 9.59 Å². The number of thiazole rings is 1. The van der Waals surface area contributed by atoms with Gasteiger partial charge in [0.25, 0.3) is 5.88 Å². The van der Waals surface area contributed by atoms with Crippen LogP contribution in [0, 0.1) is 35.9 Å². The number of hydrogen-bond acceptors (Lipinski definition) is 15. The highest BCUT2D eigenvalue weighted by Gasteiger charge is 2.51. The third-order valence-electron chi connectivity index (χ3n) is 20.5. The van der Waals surface area contributed by atoms with Crippen molar-refractivity contribution >= 4 is 64.8 Å². The number of aliphatic hydroxyl groups is 1. The van der Waals surface area contributed by atoms with Gasteiger partial charge in [0.15, 0.2) is 11.6 Å². The van der Waals surface area contributed by atoms with Gasteiger partial charge in [-0.3, -0.25) is 24.4 Å². The second-order valence-electron chi connectivity index (χ2n) is 27.1. The largest absolute Gasteiger partial charge is 0.474 e. The van der Waals surface area contributed by atoms with Crippen LogP contribution in [0.4, 0.5) is 19.4 Å². The third kappa shape index (κ3) is 11.8. The number of aryl methyl sites for hydroxylation is 1. The molecule has 18 nitrogen and oxygen atoms in total. The van der Waals surface area contributed by atoms with Crippen molar-refractivity contribution in [1.29, 1.82) is 0 Å². The maximum atomic E-state index is 18.0. The molecule has 5 aliphatic rings. The van der Waals surface area contributed by atoms with Crippen LogP contribution in [0.25, 0.3) is 43.4 Å². The third-order valence-corrected chi connectivity index (χ3v) is 27.7. The van der Waals surface area contributed by atoms with E-state index in [9.17, 15) is 24.6 Å². The van der Waals surface area contributed by atoms with Crippen LogP contribution in [0.5, 0.6) is 11.9 Å². The van der Waals surface area contributed by atoms with Crippen molar-refractivity contribution in [3.8, 4) is 45.1 Å². The van der Waals surface area contributed by atoms with E-state index in [1.807, 2.05) is 74.5 Å². The van der Waals surface area contributed by atoms with Crippen LogP contribution in [0.2, 0.25) is 16.6 Å². The summed E-state index contributed by atoms with van der Waals surface area (Å²) >= 11 is 1.57. The van der Waals surface area contributed by atoms with Gasteiger partial charge >= 0.3 is 12.1 Å². The molecule has 9 heterocycles. The number of amides is 3. The molecule has 0 saturated carbocycles. The Hall–Kier alpha value is -7.58. The molecular weight excluding hydrogens is 1190 g/mol. The summed E-state index contributed by atoms with van der Waals surface area (Å²) < 4.78 is 53.3. The number of nitrogens with zero attached hydrogens (tertiary/aromatic N) is 9. The Morgan fingerprint density at radius 2 is 1.64 bits per heavy atom. The fourth-order valence-corrected chi connectivity index (χ4v) is 22.0. The topological polar surface area (TPSA) is 213 Å². The van der Waals surface area contributed by atoms with Crippen molar-refractivity contribution < 1.29 is 47.4 Å². The van der Waals surface area contributed by atoms with Gasteiger partial charge < -0.3 is 39.3 Å². The average molecular weight is 1280 g/mol. The molecule has 8 atom stereocenters. The number of carbonyl (C=O) groups is 3. The minimum absolute atomic E-state index is 0.00182. The number of nitrogens with one attached hydrogen (secondary N) is 1. The molecule has 91 heavy (non-hydrogen) atoms. The molecular formula is C69H82F2N10O8SSi. The first-order chi connectivity index (χ1) is 43.6. The molecule has 3 N–H and O–H groups in total. The molecule has 2 bridgehead atoms. The Morgan fingerprint density at radius 1 is 0.901 bits per heavy atom. The van der Waals surface area contributed by atoms with Crippen molar-refractivity contribution in [3.63, 3.8) is 0 Å². The van der Waals surface area contributed by atoms with Gasteiger partial charge in [0.05, 0.1) is 56.8 Å². The second kappa shape index (κ2) is 25.5. The zero-order valence-corrected chi connectivity index (χ0v) is 55.3. The highest BCUT2D eigenvalue weighted by Crippen LogP contribution is 2.46. The van der Waals surface area contributed by atoms with E-state index in [1.165, 1.54) is 15.9 Å². The lowest BCUT2D eigenvalue weighted by Gasteiger charge is -2.40. The summed E-state index contributed by atoms with van der Waals surface area (Å²) in [5, 5.41) is 30.0. The number of benzene rings is 3. The summed E-state index contributed by atoms with van der Waals surface area (Å²) in [5.74, 6) is 1.27. The van der Waals surface area contributed by atoms with Gasteiger partial charge in [0.1, 0.15) is 56.1 Å². The van der Waals surface area contributed by atoms with Gasteiger partial charge in [-0.05, 0) is 109 Å². The highest BCUT2D eigenvalue weighted by atomic mass is 32.1. The Morgan fingerprint density at radius 3 is 2.32 bits per heavy atom. The monoisotopic (exact) mass is 1280 g/mol. The van der Waals surface area contributed by atoms with E-state index in [-0.39, 0.29) is 96.7 Å². The van der Waals surface area contributed by atoms with Gasteiger partial charge in [-0.1, -0.05) is 110 Å². The second-order valence-corrected chi connectivity index (χ2v) is 33.5. The number of anilines is 1. The molecule has 4 aromatic heterocycles. The van der Waals surface area contributed by atoms with Crippen LogP contribution in [0.1, 0.15) is 142 Å². The minimum Gasteiger partial charge on any atom is -0.474 e. The number of ether oxygens (including phenoxy) is 2. The van der Waals surface area contributed by atoms with Crippen molar-refractivity contribution in [2.75, 3.05) is 44.3 Å². The minimum atomic E-state index is -2.32. The summed E-state index contributed by atoms with van der Waals surface area (Å²) in [5.41, 5.74) is 9.43. The lowest BCUT2D eigenvalue weighted by molar-refractivity contribution is -0.141. The molecule has 22 heteroatoms. The number of piperazine rings is 1.